The number of alkyl halides is 3. The lowest BCUT2D eigenvalue weighted by molar-refractivity contribution is -0.139. The van der Waals surface area contributed by atoms with E-state index in [2.05, 4.69) is 15.9 Å². The summed E-state index contributed by atoms with van der Waals surface area (Å²) >= 11 is 2.98. The lowest BCUT2D eigenvalue weighted by Crippen LogP contribution is -2.14. The maximum absolute atomic E-state index is 12.5. The quantitative estimate of drug-likeness (QED) is 0.928. The summed E-state index contributed by atoms with van der Waals surface area (Å²) in [5.74, 6) is -0.198. The van der Waals surface area contributed by atoms with Gasteiger partial charge in [-0.15, -0.1) is 12.4 Å². The zero-order valence-electron chi connectivity index (χ0n) is 8.05. The molecule has 0 atom stereocenters. The first-order chi connectivity index (χ1) is 6.95. The zero-order chi connectivity index (χ0) is 11.5. The lowest BCUT2D eigenvalue weighted by Gasteiger charge is -2.13. The molecule has 0 heterocycles. The van der Waals surface area contributed by atoms with Crippen LogP contribution in [0.15, 0.2) is 22.7 Å². The fraction of sp³-hybridized carbons (Fsp3) is 0.333. The van der Waals surface area contributed by atoms with Crippen LogP contribution in [-0.2, 0) is 6.18 Å². The van der Waals surface area contributed by atoms with Crippen molar-refractivity contribution in [2.24, 2.45) is 5.73 Å². The number of nitrogens with two attached hydrogens (primary N) is 1. The Morgan fingerprint density at radius 3 is 2.44 bits per heavy atom. The molecule has 92 valence electrons. The summed E-state index contributed by atoms with van der Waals surface area (Å²) in [5.41, 5.74) is 4.35. The van der Waals surface area contributed by atoms with Gasteiger partial charge in [0.2, 0.25) is 0 Å². The molecule has 16 heavy (non-hydrogen) atoms. The van der Waals surface area contributed by atoms with E-state index in [1.54, 1.807) is 0 Å². The molecule has 0 aromatic heterocycles. The molecule has 0 saturated carbocycles. The summed E-state index contributed by atoms with van der Waals surface area (Å²) in [4.78, 5) is 0. The Hall–Kier alpha value is -0.460. The van der Waals surface area contributed by atoms with Gasteiger partial charge in [-0.25, -0.2) is 0 Å². The van der Waals surface area contributed by atoms with Gasteiger partial charge in [0.25, 0.3) is 0 Å². The second kappa shape index (κ2) is 6.32. The highest BCUT2D eigenvalue weighted by Gasteiger charge is 2.34. The molecule has 2 nitrogen and oxygen atoms in total. The van der Waals surface area contributed by atoms with Gasteiger partial charge in [-0.3, -0.25) is 0 Å². The van der Waals surface area contributed by atoms with E-state index in [1.165, 1.54) is 12.1 Å². The monoisotopic (exact) mass is 319 g/mol. The van der Waals surface area contributed by atoms with Crippen LogP contribution < -0.4 is 10.5 Å². The normalized spacial score (nSPS) is 10.8. The standard InChI is InChI=1S/C9H9BrF3NO.ClH/c10-6-1-2-8(15-4-3-14)7(5-6)9(11,12)13;/h1-2,5H,3-4,14H2;1H. The van der Waals surface area contributed by atoms with Gasteiger partial charge in [-0.1, -0.05) is 15.9 Å². The second-order valence-corrected chi connectivity index (χ2v) is 3.69. The van der Waals surface area contributed by atoms with Crippen molar-refractivity contribution in [1.82, 2.24) is 0 Å². The number of halogens is 5. The van der Waals surface area contributed by atoms with Crippen LogP contribution in [0.4, 0.5) is 13.2 Å². The van der Waals surface area contributed by atoms with Gasteiger partial charge in [0, 0.05) is 11.0 Å². The third-order valence-electron chi connectivity index (χ3n) is 1.62. The van der Waals surface area contributed by atoms with Gasteiger partial charge in [0.1, 0.15) is 12.4 Å². The van der Waals surface area contributed by atoms with E-state index in [-0.39, 0.29) is 31.3 Å². The summed E-state index contributed by atoms with van der Waals surface area (Å²) in [5, 5.41) is 0. The number of benzene rings is 1. The largest absolute Gasteiger partial charge is 0.492 e. The minimum Gasteiger partial charge on any atom is -0.492 e. The van der Waals surface area contributed by atoms with Crippen molar-refractivity contribution >= 4 is 28.3 Å². The Labute approximate surface area is 105 Å². The first-order valence-corrected chi connectivity index (χ1v) is 4.94. The van der Waals surface area contributed by atoms with Crippen molar-refractivity contribution < 1.29 is 17.9 Å². The summed E-state index contributed by atoms with van der Waals surface area (Å²) in [6.45, 7) is 0.234. The Balaban J connectivity index is 0.00000225. The smallest absolute Gasteiger partial charge is 0.420 e. The fourth-order valence-electron chi connectivity index (χ4n) is 1.02. The molecule has 1 aromatic carbocycles. The van der Waals surface area contributed by atoms with Gasteiger partial charge in [0.05, 0.1) is 5.56 Å². The predicted molar refractivity (Wildman–Crippen MR) is 60.9 cm³/mol. The summed E-state index contributed by atoms with van der Waals surface area (Å²) in [7, 11) is 0. The summed E-state index contributed by atoms with van der Waals surface area (Å²) in [6, 6.07) is 3.73. The summed E-state index contributed by atoms with van der Waals surface area (Å²) in [6.07, 6.45) is -4.42. The average molecular weight is 321 g/mol. The minimum absolute atomic E-state index is 0. The van der Waals surface area contributed by atoms with Crippen molar-refractivity contribution in [1.29, 1.82) is 0 Å². The SMILES string of the molecule is Cl.NCCOc1ccc(Br)cc1C(F)(F)F. The average Bonchev–Trinajstić information content (AvgIpc) is 2.14. The summed E-state index contributed by atoms with van der Waals surface area (Å²) < 4.78 is 42.8. The van der Waals surface area contributed by atoms with E-state index >= 15 is 0 Å². The molecule has 2 N–H and O–H groups in total. The molecule has 0 amide bonds. The maximum atomic E-state index is 12.5. The van der Waals surface area contributed by atoms with E-state index < -0.39 is 11.7 Å². The van der Waals surface area contributed by atoms with Crippen LogP contribution in [0.2, 0.25) is 0 Å². The van der Waals surface area contributed by atoms with Crippen LogP contribution in [0, 0.1) is 0 Å². The topological polar surface area (TPSA) is 35.2 Å². The highest BCUT2D eigenvalue weighted by Crippen LogP contribution is 2.37. The molecule has 0 spiro atoms. The first kappa shape index (κ1) is 15.5. The third-order valence-corrected chi connectivity index (χ3v) is 2.12. The molecular weight excluding hydrogens is 310 g/mol. The van der Waals surface area contributed by atoms with E-state index in [0.29, 0.717) is 4.47 Å². The molecule has 7 heteroatoms. The Kier molecular flexibility index (Phi) is 6.14. The Morgan fingerprint density at radius 2 is 1.94 bits per heavy atom. The van der Waals surface area contributed by atoms with Gasteiger partial charge >= 0.3 is 6.18 Å². The van der Waals surface area contributed by atoms with Crippen LogP contribution in [0.5, 0.6) is 5.75 Å². The first-order valence-electron chi connectivity index (χ1n) is 4.15. The Morgan fingerprint density at radius 1 is 1.31 bits per heavy atom. The van der Waals surface area contributed by atoms with Crippen LogP contribution >= 0.6 is 28.3 Å². The number of hydrogen-bond donors (Lipinski definition) is 1. The molecule has 0 fully saturated rings. The maximum Gasteiger partial charge on any atom is 0.420 e. The van der Waals surface area contributed by atoms with Crippen LogP contribution in [0.1, 0.15) is 5.56 Å². The van der Waals surface area contributed by atoms with E-state index in [9.17, 15) is 13.2 Å². The van der Waals surface area contributed by atoms with Crippen molar-refractivity contribution in [3.8, 4) is 5.75 Å². The molecule has 0 aliphatic heterocycles. The molecule has 1 aromatic rings. The van der Waals surface area contributed by atoms with Gasteiger partial charge in [-0.05, 0) is 18.2 Å². The number of ether oxygens (including phenoxy) is 1. The molecular formula is C9H10BrClF3NO. The fourth-order valence-corrected chi connectivity index (χ4v) is 1.38. The zero-order valence-corrected chi connectivity index (χ0v) is 10.5. The second-order valence-electron chi connectivity index (χ2n) is 2.78. The molecule has 0 saturated heterocycles. The highest BCUT2D eigenvalue weighted by molar-refractivity contribution is 9.10. The van der Waals surface area contributed by atoms with Crippen molar-refractivity contribution in [3.05, 3.63) is 28.2 Å². The van der Waals surface area contributed by atoms with Crippen LogP contribution in [0.25, 0.3) is 0 Å². The molecule has 0 unspecified atom stereocenters. The molecule has 1 rings (SSSR count). The molecule has 0 bridgehead atoms. The van der Waals surface area contributed by atoms with E-state index in [4.69, 9.17) is 10.5 Å². The third kappa shape index (κ3) is 4.19. The van der Waals surface area contributed by atoms with Crippen LogP contribution in [0.3, 0.4) is 0 Å². The predicted octanol–water partition coefficient (Wildman–Crippen LogP) is 3.23. The Bertz CT molecular complexity index is 346. The van der Waals surface area contributed by atoms with Gasteiger partial charge in [0.15, 0.2) is 0 Å². The lowest BCUT2D eigenvalue weighted by atomic mass is 10.2. The van der Waals surface area contributed by atoms with Crippen molar-refractivity contribution in [2.75, 3.05) is 13.2 Å². The molecule has 0 radical (unpaired) electrons. The molecule has 0 aliphatic carbocycles. The molecule has 0 aliphatic rings. The van der Waals surface area contributed by atoms with E-state index in [0.717, 1.165) is 6.07 Å². The van der Waals surface area contributed by atoms with E-state index in [1.807, 2.05) is 0 Å². The van der Waals surface area contributed by atoms with Crippen molar-refractivity contribution in [2.45, 2.75) is 6.18 Å². The highest BCUT2D eigenvalue weighted by atomic mass is 79.9. The van der Waals surface area contributed by atoms with Gasteiger partial charge < -0.3 is 10.5 Å². The number of hydrogen-bond acceptors (Lipinski definition) is 2. The number of rotatable bonds is 3. The van der Waals surface area contributed by atoms with Gasteiger partial charge in [-0.2, -0.15) is 13.2 Å². The van der Waals surface area contributed by atoms with Crippen molar-refractivity contribution in [3.63, 3.8) is 0 Å². The minimum atomic E-state index is -4.42. The van der Waals surface area contributed by atoms with Crippen LogP contribution in [-0.4, -0.2) is 13.2 Å².